The fourth-order valence-electron chi connectivity index (χ4n) is 2.94. The lowest BCUT2D eigenvalue weighted by Crippen LogP contribution is -2.01. The Bertz CT molecular complexity index is 1120. The van der Waals surface area contributed by atoms with Crippen LogP contribution in [0.2, 0.25) is 5.02 Å². The first-order valence-corrected chi connectivity index (χ1v) is 10.7. The minimum atomic E-state index is -0.338. The van der Waals surface area contributed by atoms with Gasteiger partial charge in [0.05, 0.1) is 6.61 Å². The minimum Gasteiger partial charge on any atom is -0.494 e. The number of halogens is 2. The van der Waals surface area contributed by atoms with Crippen molar-refractivity contribution in [1.29, 1.82) is 0 Å². The summed E-state index contributed by atoms with van der Waals surface area (Å²) in [5.41, 5.74) is 2.13. The highest BCUT2D eigenvalue weighted by molar-refractivity contribution is 7.98. The van der Waals surface area contributed by atoms with Crippen LogP contribution in [-0.4, -0.2) is 26.4 Å². The fraction of sp³-hybridized carbons (Fsp3) is 0.136. The molecule has 0 aliphatic rings. The van der Waals surface area contributed by atoms with E-state index in [0.717, 1.165) is 17.0 Å². The molecule has 0 bridgehead atoms. The van der Waals surface area contributed by atoms with Gasteiger partial charge in [0, 0.05) is 40.0 Å². The maximum absolute atomic E-state index is 14.2. The summed E-state index contributed by atoms with van der Waals surface area (Å²) in [6.07, 6.45) is 3.44. The largest absolute Gasteiger partial charge is 0.494 e. The van der Waals surface area contributed by atoms with E-state index >= 15 is 0 Å². The molecule has 4 rings (SSSR count). The number of nitrogens with zero attached hydrogens (tertiary/aromatic N) is 4. The van der Waals surface area contributed by atoms with Crippen molar-refractivity contribution in [2.45, 2.75) is 17.8 Å². The van der Waals surface area contributed by atoms with Gasteiger partial charge in [-0.05, 0) is 55.5 Å². The first-order chi connectivity index (χ1) is 14.7. The van der Waals surface area contributed by atoms with Gasteiger partial charge in [-0.1, -0.05) is 29.4 Å². The number of hydrogen-bond donors (Lipinski definition) is 0. The summed E-state index contributed by atoms with van der Waals surface area (Å²) in [5, 5.41) is 9.74. The van der Waals surface area contributed by atoms with E-state index in [1.54, 1.807) is 24.5 Å². The lowest BCUT2D eigenvalue weighted by molar-refractivity contribution is 0.340. The van der Waals surface area contributed by atoms with Crippen LogP contribution in [-0.2, 0) is 5.75 Å². The number of benzene rings is 2. The van der Waals surface area contributed by atoms with E-state index in [1.807, 2.05) is 47.9 Å². The monoisotopic (exact) mass is 440 g/mol. The molecule has 8 heteroatoms. The van der Waals surface area contributed by atoms with Crippen LogP contribution in [0.15, 0.2) is 72.1 Å². The van der Waals surface area contributed by atoms with Gasteiger partial charge >= 0.3 is 0 Å². The van der Waals surface area contributed by atoms with E-state index in [1.165, 1.54) is 17.8 Å². The van der Waals surface area contributed by atoms with Gasteiger partial charge in [0.25, 0.3) is 0 Å². The van der Waals surface area contributed by atoms with Gasteiger partial charge in [-0.15, -0.1) is 10.2 Å². The third kappa shape index (κ3) is 4.32. The van der Waals surface area contributed by atoms with Crippen LogP contribution in [0, 0.1) is 5.82 Å². The standard InChI is InChI=1S/C22H18ClFN4OS/c1-2-29-17-10-8-16(9-11-17)28-21(15-5-4-12-25-13-15)26-27-22(28)30-14-18-19(23)6-3-7-20(18)24/h3-13H,2,14H2,1H3. The van der Waals surface area contributed by atoms with Crippen LogP contribution in [0.3, 0.4) is 0 Å². The van der Waals surface area contributed by atoms with Gasteiger partial charge in [0.15, 0.2) is 11.0 Å². The summed E-state index contributed by atoms with van der Waals surface area (Å²) in [6, 6.07) is 16.1. The molecule has 5 nitrogen and oxygen atoms in total. The van der Waals surface area contributed by atoms with E-state index in [-0.39, 0.29) is 5.82 Å². The van der Waals surface area contributed by atoms with Crippen molar-refractivity contribution in [3.63, 3.8) is 0 Å². The lowest BCUT2D eigenvalue weighted by Gasteiger charge is -2.12. The average Bonchev–Trinajstić information content (AvgIpc) is 3.19. The Morgan fingerprint density at radius 3 is 2.60 bits per heavy atom. The zero-order chi connectivity index (χ0) is 20.9. The van der Waals surface area contributed by atoms with Gasteiger partial charge in [0.2, 0.25) is 0 Å². The maximum Gasteiger partial charge on any atom is 0.196 e. The average molecular weight is 441 g/mol. The summed E-state index contributed by atoms with van der Waals surface area (Å²) in [6.45, 7) is 2.54. The number of pyridine rings is 1. The van der Waals surface area contributed by atoms with E-state index < -0.39 is 0 Å². The summed E-state index contributed by atoms with van der Waals surface area (Å²) >= 11 is 7.55. The first kappa shape index (κ1) is 20.4. The molecule has 152 valence electrons. The molecule has 0 aliphatic carbocycles. The smallest absolute Gasteiger partial charge is 0.196 e. The van der Waals surface area contributed by atoms with E-state index in [9.17, 15) is 4.39 Å². The number of thioether (sulfide) groups is 1. The molecule has 0 saturated carbocycles. The molecule has 2 heterocycles. The lowest BCUT2D eigenvalue weighted by atomic mass is 10.2. The van der Waals surface area contributed by atoms with E-state index in [2.05, 4.69) is 15.2 Å². The molecule has 2 aromatic heterocycles. The van der Waals surface area contributed by atoms with Crippen molar-refractivity contribution in [2.24, 2.45) is 0 Å². The summed E-state index contributed by atoms with van der Waals surface area (Å²) in [4.78, 5) is 4.19. The first-order valence-electron chi connectivity index (χ1n) is 9.32. The van der Waals surface area contributed by atoms with Crippen LogP contribution in [0.1, 0.15) is 12.5 Å². The Morgan fingerprint density at radius 1 is 1.07 bits per heavy atom. The number of ether oxygens (including phenoxy) is 1. The predicted molar refractivity (Wildman–Crippen MR) is 117 cm³/mol. The summed E-state index contributed by atoms with van der Waals surface area (Å²) < 4.78 is 21.7. The van der Waals surface area contributed by atoms with Gasteiger partial charge in [-0.2, -0.15) is 0 Å². The topological polar surface area (TPSA) is 52.8 Å². The highest BCUT2D eigenvalue weighted by Gasteiger charge is 2.18. The van der Waals surface area contributed by atoms with Crippen molar-refractivity contribution < 1.29 is 9.13 Å². The molecule has 2 aromatic carbocycles. The van der Waals surface area contributed by atoms with Crippen molar-refractivity contribution in [3.8, 4) is 22.8 Å². The van der Waals surface area contributed by atoms with Crippen LogP contribution in [0.25, 0.3) is 17.1 Å². The number of hydrogen-bond acceptors (Lipinski definition) is 5. The highest BCUT2D eigenvalue weighted by Crippen LogP contribution is 2.32. The Balaban J connectivity index is 1.72. The second-order valence-corrected chi connectivity index (χ2v) is 7.65. The number of rotatable bonds is 7. The molecular weight excluding hydrogens is 423 g/mol. The van der Waals surface area contributed by atoms with Crippen LogP contribution in [0.5, 0.6) is 5.75 Å². The van der Waals surface area contributed by atoms with Crippen LogP contribution in [0.4, 0.5) is 4.39 Å². The zero-order valence-corrected chi connectivity index (χ0v) is 17.7. The number of aromatic nitrogens is 4. The molecule has 0 N–H and O–H groups in total. The molecule has 0 saturated heterocycles. The fourth-order valence-corrected chi connectivity index (χ4v) is 4.24. The molecule has 0 amide bonds. The summed E-state index contributed by atoms with van der Waals surface area (Å²) in [5.74, 6) is 1.42. The third-order valence-corrected chi connectivity index (χ3v) is 5.68. The van der Waals surface area contributed by atoms with Crippen molar-refractivity contribution in [3.05, 3.63) is 83.4 Å². The van der Waals surface area contributed by atoms with Gasteiger partial charge < -0.3 is 4.74 Å². The van der Waals surface area contributed by atoms with Gasteiger partial charge in [-0.3, -0.25) is 9.55 Å². The molecule has 30 heavy (non-hydrogen) atoms. The van der Waals surface area contributed by atoms with Gasteiger partial charge in [0.1, 0.15) is 11.6 Å². The van der Waals surface area contributed by atoms with Crippen LogP contribution >= 0.6 is 23.4 Å². The quantitative estimate of drug-likeness (QED) is 0.339. The molecule has 0 radical (unpaired) electrons. The Kier molecular flexibility index (Phi) is 6.30. The zero-order valence-electron chi connectivity index (χ0n) is 16.1. The Morgan fingerprint density at radius 2 is 1.90 bits per heavy atom. The van der Waals surface area contributed by atoms with Crippen molar-refractivity contribution in [2.75, 3.05) is 6.61 Å². The molecule has 0 unspecified atom stereocenters. The SMILES string of the molecule is CCOc1ccc(-n2c(SCc3c(F)cccc3Cl)nnc2-c2cccnc2)cc1. The highest BCUT2D eigenvalue weighted by atomic mass is 35.5. The molecule has 0 fully saturated rings. The Hall–Kier alpha value is -2.90. The molecular formula is C22H18ClFN4OS. The third-order valence-electron chi connectivity index (χ3n) is 4.37. The van der Waals surface area contributed by atoms with Gasteiger partial charge in [-0.25, -0.2) is 4.39 Å². The van der Waals surface area contributed by atoms with E-state index in [4.69, 9.17) is 16.3 Å². The second-order valence-electron chi connectivity index (χ2n) is 6.30. The molecule has 0 aliphatic heterocycles. The second kappa shape index (κ2) is 9.28. The molecule has 0 spiro atoms. The van der Waals surface area contributed by atoms with Crippen LogP contribution < -0.4 is 4.74 Å². The van der Waals surface area contributed by atoms with E-state index in [0.29, 0.717) is 33.9 Å². The van der Waals surface area contributed by atoms with Crippen molar-refractivity contribution in [1.82, 2.24) is 19.7 Å². The summed E-state index contributed by atoms with van der Waals surface area (Å²) in [7, 11) is 0. The minimum absolute atomic E-state index is 0.327. The maximum atomic E-state index is 14.2. The molecule has 0 atom stereocenters. The predicted octanol–water partition coefficient (Wildman–Crippen LogP) is 5.81. The molecule has 4 aromatic rings. The van der Waals surface area contributed by atoms with Crippen molar-refractivity contribution >= 4 is 23.4 Å². The normalized spacial score (nSPS) is 10.9. The Labute approximate surface area is 182 Å².